The lowest BCUT2D eigenvalue weighted by Crippen LogP contribution is -2.30. The largest absolute Gasteiger partial charge is 0.478 e. The number of hydrogen-bond donors (Lipinski definition) is 1. The maximum absolute atomic E-state index is 11.1. The molecule has 1 saturated heterocycles. The summed E-state index contributed by atoms with van der Waals surface area (Å²) in [6.07, 6.45) is 8.29. The lowest BCUT2D eigenvalue weighted by Gasteiger charge is -2.26. The van der Waals surface area contributed by atoms with Crippen LogP contribution in [0.3, 0.4) is 0 Å². The average Bonchev–Trinajstić information content (AvgIpc) is 2.75. The Labute approximate surface area is 109 Å². The minimum Gasteiger partial charge on any atom is -0.478 e. The summed E-state index contributed by atoms with van der Waals surface area (Å²) < 4.78 is 7.28. The normalized spacial score (nSPS) is 17.9. The molecule has 0 amide bonds. The second-order valence-corrected chi connectivity index (χ2v) is 4.52. The number of aromatic nitrogens is 2. The molecule has 3 rings (SSSR count). The fourth-order valence-corrected chi connectivity index (χ4v) is 2.19. The predicted octanol–water partition coefficient (Wildman–Crippen LogP) is 1.50. The van der Waals surface area contributed by atoms with E-state index in [4.69, 9.17) is 16.3 Å². The number of carbonyl (C=O) groups is 1. The van der Waals surface area contributed by atoms with Crippen molar-refractivity contribution in [3.63, 3.8) is 0 Å². The van der Waals surface area contributed by atoms with Gasteiger partial charge in [-0.15, -0.1) is 6.42 Å². The van der Waals surface area contributed by atoms with Gasteiger partial charge in [0.05, 0.1) is 35.6 Å². The van der Waals surface area contributed by atoms with Crippen LogP contribution in [0, 0.1) is 12.3 Å². The molecule has 96 valence electrons. The third-order valence-electron chi connectivity index (χ3n) is 3.32. The molecule has 0 spiro atoms. The minimum absolute atomic E-state index is 0.178. The summed E-state index contributed by atoms with van der Waals surface area (Å²) in [4.78, 5) is 15.4. The van der Waals surface area contributed by atoms with Crippen molar-refractivity contribution in [3.8, 4) is 12.3 Å². The van der Waals surface area contributed by atoms with E-state index >= 15 is 0 Å². The fraction of sp³-hybridized carbons (Fsp3) is 0.286. The number of rotatable bonds is 3. The van der Waals surface area contributed by atoms with Crippen molar-refractivity contribution in [1.29, 1.82) is 0 Å². The van der Waals surface area contributed by atoms with E-state index in [0.29, 0.717) is 17.6 Å². The summed E-state index contributed by atoms with van der Waals surface area (Å²) in [7, 11) is 0. The average molecular weight is 256 g/mol. The van der Waals surface area contributed by atoms with E-state index in [1.54, 1.807) is 12.4 Å². The number of aromatic carboxylic acids is 1. The van der Waals surface area contributed by atoms with Gasteiger partial charge in [-0.05, 0) is 18.6 Å². The van der Waals surface area contributed by atoms with E-state index in [9.17, 15) is 4.79 Å². The molecular weight excluding hydrogens is 244 g/mol. The number of imidazole rings is 1. The molecule has 0 bridgehead atoms. The molecule has 1 aromatic heterocycles. The molecule has 1 aliphatic heterocycles. The molecule has 1 fully saturated rings. The smallest absolute Gasteiger partial charge is 0.335 e. The lowest BCUT2D eigenvalue weighted by molar-refractivity contribution is -0.0586. The second kappa shape index (κ2) is 4.41. The zero-order valence-corrected chi connectivity index (χ0v) is 10.2. The third kappa shape index (κ3) is 1.96. The molecule has 19 heavy (non-hydrogen) atoms. The fourth-order valence-electron chi connectivity index (χ4n) is 2.19. The monoisotopic (exact) mass is 256 g/mol. The standard InChI is InChI=1S/C14H12N2O3/c1-2-9-5-10(14(17)18)6-12-13(9)15-8-16(12)7-11-3-4-19-11/h1,5-6,8,11H,3-4,7H2,(H,17,18). The molecular formula is C14H12N2O3. The van der Waals surface area contributed by atoms with E-state index < -0.39 is 5.97 Å². The Bertz CT molecular complexity index is 693. The van der Waals surface area contributed by atoms with E-state index in [2.05, 4.69) is 10.9 Å². The number of benzene rings is 1. The first-order chi connectivity index (χ1) is 9.19. The summed E-state index contributed by atoms with van der Waals surface area (Å²) in [5.41, 5.74) is 2.08. The number of carboxylic acids is 1. The first kappa shape index (κ1) is 11.8. The Morgan fingerprint density at radius 3 is 3.00 bits per heavy atom. The molecule has 5 heteroatoms. The van der Waals surface area contributed by atoms with Gasteiger partial charge < -0.3 is 14.4 Å². The molecule has 1 N–H and O–H groups in total. The number of nitrogens with zero attached hydrogens (tertiary/aromatic N) is 2. The van der Waals surface area contributed by atoms with Crippen LogP contribution >= 0.6 is 0 Å². The van der Waals surface area contributed by atoms with Crippen LogP contribution in [0.1, 0.15) is 22.3 Å². The summed E-state index contributed by atoms with van der Waals surface area (Å²) >= 11 is 0. The summed E-state index contributed by atoms with van der Waals surface area (Å²) in [6.45, 7) is 1.46. The SMILES string of the molecule is C#Cc1cc(C(=O)O)cc2c1ncn2CC1CCO1. The van der Waals surface area contributed by atoms with Gasteiger partial charge in [0.25, 0.3) is 0 Å². The highest BCUT2D eigenvalue weighted by molar-refractivity contribution is 5.94. The second-order valence-electron chi connectivity index (χ2n) is 4.52. The zero-order valence-electron chi connectivity index (χ0n) is 10.2. The Balaban J connectivity index is 2.11. The van der Waals surface area contributed by atoms with E-state index in [0.717, 1.165) is 18.5 Å². The molecule has 2 aromatic rings. The van der Waals surface area contributed by atoms with Gasteiger partial charge in [-0.2, -0.15) is 0 Å². The molecule has 1 aliphatic rings. The summed E-state index contributed by atoms with van der Waals surface area (Å²) in [5, 5.41) is 9.11. The minimum atomic E-state index is -0.994. The molecule has 0 aliphatic carbocycles. The van der Waals surface area contributed by atoms with Gasteiger partial charge in [0.1, 0.15) is 5.52 Å². The Kier molecular flexibility index (Phi) is 2.73. The first-order valence-electron chi connectivity index (χ1n) is 5.99. The van der Waals surface area contributed by atoms with Crippen LogP contribution in [-0.4, -0.2) is 33.3 Å². The quantitative estimate of drug-likeness (QED) is 0.845. The van der Waals surface area contributed by atoms with E-state index in [1.807, 2.05) is 4.57 Å². The van der Waals surface area contributed by atoms with Crippen molar-refractivity contribution in [2.75, 3.05) is 6.61 Å². The number of ether oxygens (including phenoxy) is 1. The Hall–Kier alpha value is -2.32. The van der Waals surface area contributed by atoms with E-state index in [1.165, 1.54) is 6.07 Å². The number of fused-ring (bicyclic) bond motifs is 1. The maximum Gasteiger partial charge on any atom is 0.335 e. The molecule has 1 unspecified atom stereocenters. The maximum atomic E-state index is 11.1. The van der Waals surface area contributed by atoms with Crippen molar-refractivity contribution in [3.05, 3.63) is 29.6 Å². The molecule has 5 nitrogen and oxygen atoms in total. The third-order valence-corrected chi connectivity index (χ3v) is 3.32. The van der Waals surface area contributed by atoms with Gasteiger partial charge in [0.15, 0.2) is 0 Å². The summed E-state index contributed by atoms with van der Waals surface area (Å²) in [6, 6.07) is 3.08. The highest BCUT2D eigenvalue weighted by atomic mass is 16.5. The molecule has 1 atom stereocenters. The number of terminal acetylenes is 1. The highest BCUT2D eigenvalue weighted by Gasteiger charge is 2.20. The van der Waals surface area contributed by atoms with Crippen LogP contribution in [0.4, 0.5) is 0 Å². The predicted molar refractivity (Wildman–Crippen MR) is 69.0 cm³/mol. The van der Waals surface area contributed by atoms with Crippen molar-refractivity contribution in [1.82, 2.24) is 9.55 Å². The molecule has 0 radical (unpaired) electrons. The van der Waals surface area contributed by atoms with Crippen molar-refractivity contribution < 1.29 is 14.6 Å². The van der Waals surface area contributed by atoms with Gasteiger partial charge in [0.2, 0.25) is 0 Å². The molecule has 0 saturated carbocycles. The highest BCUT2D eigenvalue weighted by Crippen LogP contribution is 2.22. The number of carboxylic acid groups (broad SMARTS) is 1. The van der Waals surface area contributed by atoms with Gasteiger partial charge in [-0.1, -0.05) is 5.92 Å². The molecule has 2 heterocycles. The zero-order chi connectivity index (χ0) is 13.4. The molecule has 1 aromatic carbocycles. The van der Waals surface area contributed by atoms with Crippen LogP contribution in [0.15, 0.2) is 18.5 Å². The summed E-state index contributed by atoms with van der Waals surface area (Å²) in [5.74, 6) is 1.50. The first-order valence-corrected chi connectivity index (χ1v) is 5.99. The van der Waals surface area contributed by atoms with Crippen LogP contribution in [0.25, 0.3) is 11.0 Å². The van der Waals surface area contributed by atoms with E-state index in [-0.39, 0.29) is 11.7 Å². The topological polar surface area (TPSA) is 64.3 Å². The van der Waals surface area contributed by atoms with Crippen LogP contribution in [0.5, 0.6) is 0 Å². The van der Waals surface area contributed by atoms with Gasteiger partial charge in [0, 0.05) is 6.61 Å². The number of hydrogen-bond acceptors (Lipinski definition) is 3. The Morgan fingerprint density at radius 2 is 2.42 bits per heavy atom. The van der Waals surface area contributed by atoms with Gasteiger partial charge >= 0.3 is 5.97 Å². The van der Waals surface area contributed by atoms with Gasteiger partial charge in [-0.3, -0.25) is 0 Å². The van der Waals surface area contributed by atoms with Crippen LogP contribution < -0.4 is 0 Å². The van der Waals surface area contributed by atoms with Crippen molar-refractivity contribution in [2.24, 2.45) is 0 Å². The van der Waals surface area contributed by atoms with Gasteiger partial charge in [-0.25, -0.2) is 9.78 Å². The van der Waals surface area contributed by atoms with Crippen molar-refractivity contribution in [2.45, 2.75) is 19.1 Å². The van der Waals surface area contributed by atoms with Crippen molar-refractivity contribution >= 4 is 17.0 Å². The van der Waals surface area contributed by atoms with Crippen LogP contribution in [-0.2, 0) is 11.3 Å². The Morgan fingerprint density at radius 1 is 1.63 bits per heavy atom. The van der Waals surface area contributed by atoms with Crippen LogP contribution in [0.2, 0.25) is 0 Å². The lowest BCUT2D eigenvalue weighted by atomic mass is 10.1.